The van der Waals surface area contributed by atoms with Gasteiger partial charge in [-0.05, 0) is 17.4 Å². The third kappa shape index (κ3) is 1.44. The molecule has 71 valence electrons. The molecule has 2 N–H and O–H groups in total. The number of carbonyl (C=O) groups excluding carboxylic acids is 1. The molecule has 1 aromatic rings. The molecule has 1 radical (unpaired) electrons. The lowest BCUT2D eigenvalue weighted by Crippen LogP contribution is -2.44. The summed E-state index contributed by atoms with van der Waals surface area (Å²) in [6.07, 6.45) is 1.79. The fraction of sp³-hybridized carbons (Fsp3) is 0.250. The number of amides is 1. The van der Waals surface area contributed by atoms with E-state index in [1.807, 2.05) is 6.07 Å². The minimum atomic E-state index is -1.08. The molecule has 0 aromatic carbocycles. The molecule has 1 aliphatic heterocycles. The molecule has 2 heterocycles. The highest BCUT2D eigenvalue weighted by molar-refractivity contribution is 7.09. The summed E-state index contributed by atoms with van der Waals surface area (Å²) in [5.74, 6) is -0.532. The second-order valence-electron chi connectivity index (χ2n) is 2.92. The normalized spacial score (nSPS) is 24.3. The van der Waals surface area contributed by atoms with Crippen molar-refractivity contribution in [1.29, 1.82) is 0 Å². The Labute approximate surface area is 84.3 Å². The van der Waals surface area contributed by atoms with Gasteiger partial charge < -0.3 is 5.73 Å². The van der Waals surface area contributed by atoms with Crippen LogP contribution in [0.2, 0.25) is 0 Å². The standard InChI is InChI=1S/C8H7N4OS/c9-7(13)8(5-10-12-11-8)4-6-2-1-3-14-6/h1-2,5H,4H2,(H2,9,13). The SMILES string of the molecule is NC(=O)C1(Cc2cc[c]s2)C=NN=N1. The third-order valence-electron chi connectivity index (χ3n) is 1.94. The Bertz CT molecular complexity index is 383. The number of hydrogen-bond acceptors (Lipinski definition) is 5. The van der Waals surface area contributed by atoms with Crippen LogP contribution in [0.1, 0.15) is 4.88 Å². The van der Waals surface area contributed by atoms with Crippen molar-refractivity contribution in [3.8, 4) is 0 Å². The van der Waals surface area contributed by atoms with Crippen LogP contribution in [0.3, 0.4) is 0 Å². The second-order valence-corrected chi connectivity index (χ2v) is 3.88. The first-order valence-corrected chi connectivity index (χ1v) is 4.76. The van der Waals surface area contributed by atoms with Crippen LogP contribution < -0.4 is 5.73 Å². The highest BCUT2D eigenvalue weighted by atomic mass is 32.1. The largest absolute Gasteiger partial charge is 0.367 e. The highest BCUT2D eigenvalue weighted by Gasteiger charge is 2.38. The molecule has 0 saturated carbocycles. The highest BCUT2D eigenvalue weighted by Crippen LogP contribution is 2.22. The average Bonchev–Trinajstić information content (AvgIpc) is 2.76. The second kappa shape index (κ2) is 3.30. The first-order valence-electron chi connectivity index (χ1n) is 3.94. The maximum absolute atomic E-state index is 11.2. The fourth-order valence-electron chi connectivity index (χ4n) is 1.17. The molecule has 14 heavy (non-hydrogen) atoms. The number of hydrogen-bond donors (Lipinski definition) is 1. The van der Waals surface area contributed by atoms with E-state index in [4.69, 9.17) is 5.73 Å². The van der Waals surface area contributed by atoms with E-state index < -0.39 is 11.4 Å². The van der Waals surface area contributed by atoms with Gasteiger partial charge in [0, 0.05) is 16.7 Å². The van der Waals surface area contributed by atoms with Crippen molar-refractivity contribution in [2.75, 3.05) is 0 Å². The Balaban J connectivity index is 2.26. The summed E-state index contributed by atoms with van der Waals surface area (Å²) < 4.78 is 0. The van der Waals surface area contributed by atoms with Crippen LogP contribution in [-0.4, -0.2) is 17.7 Å². The first kappa shape index (κ1) is 9.01. The molecule has 1 amide bonds. The van der Waals surface area contributed by atoms with Crippen LogP contribution in [0, 0.1) is 5.38 Å². The lowest BCUT2D eigenvalue weighted by Gasteiger charge is -2.15. The van der Waals surface area contributed by atoms with E-state index in [9.17, 15) is 4.79 Å². The predicted octanol–water partition coefficient (Wildman–Crippen LogP) is 0.766. The lowest BCUT2D eigenvalue weighted by atomic mass is 9.96. The van der Waals surface area contributed by atoms with Crippen molar-refractivity contribution < 1.29 is 4.79 Å². The van der Waals surface area contributed by atoms with Crippen molar-refractivity contribution in [2.24, 2.45) is 21.2 Å². The van der Waals surface area contributed by atoms with Gasteiger partial charge in [0.15, 0.2) is 0 Å². The minimum Gasteiger partial charge on any atom is -0.367 e. The van der Waals surface area contributed by atoms with Crippen molar-refractivity contribution >= 4 is 23.5 Å². The van der Waals surface area contributed by atoms with E-state index in [2.05, 4.69) is 20.8 Å². The molecule has 1 aromatic heterocycles. The predicted molar refractivity (Wildman–Crippen MR) is 52.1 cm³/mol. The molecular formula is C8H7N4OS. The number of rotatable bonds is 3. The summed E-state index contributed by atoms with van der Waals surface area (Å²) in [5.41, 5.74) is 4.18. The summed E-state index contributed by atoms with van der Waals surface area (Å²) in [6.45, 7) is 0. The van der Waals surface area contributed by atoms with Gasteiger partial charge in [0.1, 0.15) is 0 Å². The quantitative estimate of drug-likeness (QED) is 0.780. The van der Waals surface area contributed by atoms with Crippen molar-refractivity contribution in [2.45, 2.75) is 12.0 Å². The van der Waals surface area contributed by atoms with E-state index in [-0.39, 0.29) is 0 Å². The number of thiophene rings is 1. The van der Waals surface area contributed by atoms with Crippen molar-refractivity contribution in [1.82, 2.24) is 0 Å². The van der Waals surface area contributed by atoms with Crippen molar-refractivity contribution in [3.63, 3.8) is 0 Å². The van der Waals surface area contributed by atoms with Crippen LogP contribution in [-0.2, 0) is 11.2 Å². The molecule has 0 aliphatic carbocycles. The van der Waals surface area contributed by atoms with Gasteiger partial charge in [-0.2, -0.15) is 0 Å². The topological polar surface area (TPSA) is 80.2 Å². The smallest absolute Gasteiger partial charge is 0.253 e. The van der Waals surface area contributed by atoms with E-state index in [1.165, 1.54) is 17.6 Å². The zero-order valence-electron chi connectivity index (χ0n) is 7.17. The monoisotopic (exact) mass is 207 g/mol. The van der Waals surface area contributed by atoms with Crippen molar-refractivity contribution in [3.05, 3.63) is 22.4 Å². The maximum Gasteiger partial charge on any atom is 0.253 e. The molecule has 0 spiro atoms. The number of nitrogens with two attached hydrogens (primary N) is 1. The van der Waals surface area contributed by atoms with E-state index in [1.54, 1.807) is 6.07 Å². The molecule has 0 saturated heterocycles. The molecule has 5 nitrogen and oxygen atoms in total. The molecule has 0 fully saturated rings. The van der Waals surface area contributed by atoms with Gasteiger partial charge in [0.2, 0.25) is 5.54 Å². The minimum absolute atomic E-state index is 0.406. The van der Waals surface area contributed by atoms with Gasteiger partial charge in [-0.3, -0.25) is 4.79 Å². The van der Waals surface area contributed by atoms with Gasteiger partial charge in [0.25, 0.3) is 5.91 Å². The maximum atomic E-state index is 11.2. The summed E-state index contributed by atoms with van der Waals surface area (Å²) in [5, 5.41) is 13.7. The van der Waals surface area contributed by atoms with Crippen LogP contribution in [0.25, 0.3) is 0 Å². The first-order chi connectivity index (χ1) is 6.73. The number of primary amides is 1. The number of carbonyl (C=O) groups is 1. The van der Waals surface area contributed by atoms with Gasteiger partial charge >= 0.3 is 0 Å². The van der Waals surface area contributed by atoms with Gasteiger partial charge in [-0.1, -0.05) is 0 Å². The van der Waals surface area contributed by atoms with E-state index in [0.717, 1.165) is 4.88 Å². The van der Waals surface area contributed by atoms with Crippen LogP contribution in [0.5, 0.6) is 0 Å². The fourth-order valence-corrected chi connectivity index (χ4v) is 1.88. The van der Waals surface area contributed by atoms with Gasteiger partial charge in [-0.25, -0.2) is 0 Å². The molecular weight excluding hydrogens is 200 g/mol. The molecule has 2 rings (SSSR count). The lowest BCUT2D eigenvalue weighted by molar-refractivity contribution is -0.120. The third-order valence-corrected chi connectivity index (χ3v) is 2.74. The van der Waals surface area contributed by atoms with Crippen LogP contribution >= 0.6 is 11.3 Å². The molecule has 1 atom stereocenters. The summed E-state index contributed by atoms with van der Waals surface area (Å²) in [6, 6.07) is 3.66. The molecule has 6 heteroatoms. The van der Waals surface area contributed by atoms with E-state index in [0.29, 0.717) is 6.42 Å². The summed E-state index contributed by atoms with van der Waals surface area (Å²) >= 11 is 1.43. The number of nitrogens with zero attached hydrogens (tertiary/aromatic N) is 3. The van der Waals surface area contributed by atoms with Crippen LogP contribution in [0.15, 0.2) is 27.6 Å². The Kier molecular flexibility index (Phi) is 2.12. The zero-order chi connectivity index (χ0) is 10.0. The van der Waals surface area contributed by atoms with E-state index >= 15 is 0 Å². The summed E-state index contributed by atoms with van der Waals surface area (Å²) in [7, 11) is 0. The Morgan fingerprint density at radius 3 is 3.07 bits per heavy atom. The summed E-state index contributed by atoms with van der Waals surface area (Å²) in [4.78, 5) is 12.2. The Hall–Kier alpha value is -1.56. The molecule has 1 aliphatic rings. The van der Waals surface area contributed by atoms with Crippen LogP contribution in [0.4, 0.5) is 0 Å². The Morgan fingerprint density at radius 1 is 1.71 bits per heavy atom. The molecule has 0 bridgehead atoms. The molecule has 1 unspecified atom stereocenters. The zero-order valence-corrected chi connectivity index (χ0v) is 7.99. The van der Waals surface area contributed by atoms with Gasteiger partial charge in [-0.15, -0.1) is 21.6 Å². The Morgan fingerprint density at radius 2 is 2.57 bits per heavy atom. The van der Waals surface area contributed by atoms with Gasteiger partial charge in [0.05, 0.1) is 6.21 Å². The average molecular weight is 207 g/mol.